The average Bonchev–Trinajstić information content (AvgIpc) is 2.44. The van der Waals surface area contributed by atoms with Gasteiger partial charge in [-0.25, -0.2) is 0 Å². The monoisotopic (exact) mass is 402 g/mol. The van der Waals surface area contributed by atoms with Crippen LogP contribution in [-0.2, 0) is 17.8 Å². The fourth-order valence-electron chi connectivity index (χ4n) is 2.54. The third-order valence-corrected chi connectivity index (χ3v) is 4.39. The normalized spacial score (nSPS) is 14.3. The number of ether oxygens (including phenoxy) is 1. The summed E-state index contributed by atoms with van der Waals surface area (Å²) in [5.74, 6) is 0. The minimum atomic E-state index is 0.632. The van der Waals surface area contributed by atoms with Crippen molar-refractivity contribution in [1.82, 2.24) is 4.98 Å². The molecular weight excluding hydrogens is 387 g/mol. The van der Waals surface area contributed by atoms with E-state index in [1.807, 2.05) is 6.07 Å². The number of hydrogen-bond donors (Lipinski definition) is 1. The Morgan fingerprint density at radius 1 is 1.45 bits per heavy atom. The molecule has 0 bridgehead atoms. The first-order valence-corrected chi connectivity index (χ1v) is 8.28. The van der Waals surface area contributed by atoms with Gasteiger partial charge >= 0.3 is 0 Å². The van der Waals surface area contributed by atoms with Gasteiger partial charge in [-0.15, -0.1) is 0 Å². The number of benzene rings is 1. The smallest absolute Gasteiger partial charge is 0.0913 e. The maximum absolute atomic E-state index is 6.38. The molecule has 0 atom stereocenters. The largest absolute Gasteiger partial charge is 0.384 e. The second-order valence-electron chi connectivity index (χ2n) is 4.93. The number of hydrogen-bond acceptors (Lipinski definition) is 3. The van der Waals surface area contributed by atoms with E-state index in [4.69, 9.17) is 21.3 Å². The lowest BCUT2D eigenvalue weighted by atomic mass is 10.0. The van der Waals surface area contributed by atoms with Crippen LogP contribution in [0.15, 0.2) is 12.1 Å². The first-order chi connectivity index (χ1) is 9.70. The van der Waals surface area contributed by atoms with Crippen molar-refractivity contribution in [2.75, 3.05) is 18.5 Å². The Morgan fingerprint density at radius 3 is 3.10 bits per heavy atom. The highest BCUT2D eigenvalue weighted by molar-refractivity contribution is 14.1. The Bertz CT molecular complexity index is 660. The van der Waals surface area contributed by atoms with Crippen LogP contribution in [0, 0.1) is 3.57 Å². The standard InChI is InChI=1S/C15H16ClIN2O/c1-2-4-18-14-10-6-9(17)7-12(16)15(10)19-13-3-5-20-8-11(13)14/h6-7H,2-5,8H2,1H3,(H,18,19). The third-order valence-electron chi connectivity index (χ3n) is 3.48. The van der Waals surface area contributed by atoms with Gasteiger partial charge in [-0.2, -0.15) is 0 Å². The molecule has 1 aromatic heterocycles. The Hall–Kier alpha value is -0.590. The van der Waals surface area contributed by atoms with Crippen LogP contribution in [0.3, 0.4) is 0 Å². The van der Waals surface area contributed by atoms with E-state index in [-0.39, 0.29) is 0 Å². The van der Waals surface area contributed by atoms with E-state index in [0.717, 1.165) is 56.9 Å². The molecule has 1 aromatic carbocycles. The van der Waals surface area contributed by atoms with Gasteiger partial charge in [-0.1, -0.05) is 18.5 Å². The summed E-state index contributed by atoms with van der Waals surface area (Å²) in [6.45, 7) is 4.47. The van der Waals surface area contributed by atoms with Gasteiger partial charge in [0, 0.05) is 27.5 Å². The van der Waals surface area contributed by atoms with Crippen LogP contribution in [0.25, 0.3) is 10.9 Å². The van der Waals surface area contributed by atoms with Gasteiger partial charge in [0.15, 0.2) is 0 Å². The zero-order valence-electron chi connectivity index (χ0n) is 11.3. The SMILES string of the molecule is CCCNc1c2c(nc3c(Cl)cc(I)cc13)CCOC2. The molecule has 5 heteroatoms. The summed E-state index contributed by atoms with van der Waals surface area (Å²) in [6.07, 6.45) is 1.94. The van der Waals surface area contributed by atoms with Crippen molar-refractivity contribution in [2.24, 2.45) is 0 Å². The van der Waals surface area contributed by atoms with E-state index < -0.39 is 0 Å². The molecule has 0 saturated carbocycles. The van der Waals surface area contributed by atoms with E-state index >= 15 is 0 Å². The molecule has 1 aliphatic rings. The second kappa shape index (κ2) is 6.03. The van der Waals surface area contributed by atoms with Gasteiger partial charge < -0.3 is 10.1 Å². The van der Waals surface area contributed by atoms with Crippen LogP contribution in [0.4, 0.5) is 5.69 Å². The molecule has 0 radical (unpaired) electrons. The lowest BCUT2D eigenvalue weighted by Gasteiger charge is -2.22. The summed E-state index contributed by atoms with van der Waals surface area (Å²) < 4.78 is 6.73. The van der Waals surface area contributed by atoms with Gasteiger partial charge in [0.2, 0.25) is 0 Å². The molecule has 0 amide bonds. The average molecular weight is 403 g/mol. The Balaban J connectivity index is 2.27. The highest BCUT2D eigenvalue weighted by Crippen LogP contribution is 2.35. The highest BCUT2D eigenvalue weighted by Gasteiger charge is 2.19. The fourth-order valence-corrected chi connectivity index (χ4v) is 3.61. The summed E-state index contributed by atoms with van der Waals surface area (Å²) in [7, 11) is 0. The van der Waals surface area contributed by atoms with Crippen molar-refractivity contribution in [3.8, 4) is 0 Å². The van der Waals surface area contributed by atoms with Crippen LogP contribution in [0.2, 0.25) is 5.02 Å². The second-order valence-corrected chi connectivity index (χ2v) is 6.58. The minimum Gasteiger partial charge on any atom is -0.384 e. The molecule has 0 unspecified atom stereocenters. The summed E-state index contributed by atoms with van der Waals surface area (Å²) in [4.78, 5) is 4.77. The topological polar surface area (TPSA) is 34.2 Å². The van der Waals surface area contributed by atoms with E-state index in [1.165, 1.54) is 5.56 Å². The van der Waals surface area contributed by atoms with Gasteiger partial charge in [-0.05, 0) is 41.1 Å². The van der Waals surface area contributed by atoms with E-state index in [9.17, 15) is 0 Å². The third kappa shape index (κ3) is 2.61. The van der Waals surface area contributed by atoms with E-state index in [2.05, 4.69) is 40.9 Å². The van der Waals surface area contributed by atoms with Gasteiger partial charge in [0.25, 0.3) is 0 Å². The number of rotatable bonds is 3. The molecule has 1 aliphatic heterocycles. The highest BCUT2D eigenvalue weighted by atomic mass is 127. The van der Waals surface area contributed by atoms with E-state index in [0.29, 0.717) is 6.61 Å². The van der Waals surface area contributed by atoms with Crippen LogP contribution < -0.4 is 5.32 Å². The Kier molecular flexibility index (Phi) is 4.33. The number of fused-ring (bicyclic) bond motifs is 2. The quantitative estimate of drug-likeness (QED) is 0.773. The summed E-state index contributed by atoms with van der Waals surface area (Å²) in [5, 5.41) is 5.36. The van der Waals surface area contributed by atoms with Crippen LogP contribution in [0.1, 0.15) is 24.6 Å². The van der Waals surface area contributed by atoms with Crippen molar-refractivity contribution in [1.29, 1.82) is 0 Å². The van der Waals surface area contributed by atoms with Crippen LogP contribution >= 0.6 is 34.2 Å². The maximum Gasteiger partial charge on any atom is 0.0913 e. The van der Waals surface area contributed by atoms with Crippen LogP contribution in [0.5, 0.6) is 0 Å². The zero-order chi connectivity index (χ0) is 14.1. The summed E-state index contributed by atoms with van der Waals surface area (Å²) in [5.41, 5.74) is 4.35. The molecule has 2 heterocycles. The Morgan fingerprint density at radius 2 is 2.30 bits per heavy atom. The number of pyridine rings is 1. The first kappa shape index (κ1) is 14.4. The molecule has 0 fully saturated rings. The van der Waals surface area contributed by atoms with Crippen LogP contribution in [-0.4, -0.2) is 18.1 Å². The van der Waals surface area contributed by atoms with Gasteiger partial charge in [0.1, 0.15) is 0 Å². The first-order valence-electron chi connectivity index (χ1n) is 6.82. The molecular formula is C15H16ClIN2O. The van der Waals surface area contributed by atoms with Crippen molar-refractivity contribution in [2.45, 2.75) is 26.4 Å². The number of aromatic nitrogens is 1. The number of nitrogens with zero attached hydrogens (tertiary/aromatic N) is 1. The van der Waals surface area contributed by atoms with E-state index in [1.54, 1.807) is 0 Å². The molecule has 3 nitrogen and oxygen atoms in total. The molecule has 0 aliphatic carbocycles. The summed E-state index contributed by atoms with van der Waals surface area (Å²) >= 11 is 8.68. The molecule has 3 rings (SSSR count). The Labute approximate surface area is 137 Å². The molecule has 0 saturated heterocycles. The molecule has 0 spiro atoms. The molecule has 2 aromatic rings. The lowest BCUT2D eigenvalue weighted by Crippen LogP contribution is -2.16. The number of anilines is 1. The van der Waals surface area contributed by atoms with Gasteiger partial charge in [0.05, 0.1) is 35.1 Å². The number of halogens is 2. The zero-order valence-corrected chi connectivity index (χ0v) is 14.2. The lowest BCUT2D eigenvalue weighted by molar-refractivity contribution is 0.110. The van der Waals surface area contributed by atoms with Crippen molar-refractivity contribution in [3.63, 3.8) is 0 Å². The summed E-state index contributed by atoms with van der Waals surface area (Å²) in [6, 6.07) is 4.11. The minimum absolute atomic E-state index is 0.632. The molecule has 1 N–H and O–H groups in total. The predicted octanol–water partition coefficient (Wildman–Crippen LogP) is 4.39. The maximum atomic E-state index is 6.38. The number of nitrogens with one attached hydrogen (secondary N) is 1. The molecule has 106 valence electrons. The predicted molar refractivity (Wildman–Crippen MR) is 91.6 cm³/mol. The van der Waals surface area contributed by atoms with Crippen molar-refractivity contribution in [3.05, 3.63) is 32.0 Å². The molecule has 20 heavy (non-hydrogen) atoms. The van der Waals surface area contributed by atoms with Crippen molar-refractivity contribution >= 4 is 50.8 Å². The fraction of sp³-hybridized carbons (Fsp3) is 0.400. The van der Waals surface area contributed by atoms with Crippen molar-refractivity contribution < 1.29 is 4.74 Å². The van der Waals surface area contributed by atoms with Gasteiger partial charge in [-0.3, -0.25) is 4.98 Å².